The van der Waals surface area contributed by atoms with E-state index in [1.807, 2.05) is 6.07 Å². The van der Waals surface area contributed by atoms with E-state index in [1.54, 1.807) is 29.1 Å². The van der Waals surface area contributed by atoms with Gasteiger partial charge in [0.25, 0.3) is 0 Å². The van der Waals surface area contributed by atoms with Gasteiger partial charge in [0.15, 0.2) is 0 Å². The molecule has 1 N–H and O–H groups in total. The summed E-state index contributed by atoms with van der Waals surface area (Å²) in [7, 11) is 0. The molecule has 6 heteroatoms. The lowest BCUT2D eigenvalue weighted by Crippen LogP contribution is -2.18. The number of carbonyl (C=O) groups is 1. The second kappa shape index (κ2) is 5.70. The zero-order chi connectivity index (χ0) is 15.0. The lowest BCUT2D eigenvalue weighted by Gasteiger charge is -2.10. The predicted octanol–water partition coefficient (Wildman–Crippen LogP) is 3.83. The lowest BCUT2D eigenvalue weighted by molar-refractivity contribution is -0.117. The van der Waals surface area contributed by atoms with Crippen molar-refractivity contribution in [1.29, 1.82) is 0 Å². The highest BCUT2D eigenvalue weighted by atomic mass is 35.5. The number of nitrogens with one attached hydrogen (secondary N) is 1. The quantitative estimate of drug-likeness (QED) is 0.929. The number of nitrogens with zero attached hydrogens (tertiary/aromatic N) is 2. The molecule has 1 aromatic carbocycles. The van der Waals surface area contributed by atoms with Crippen LogP contribution in [0.4, 0.5) is 5.82 Å². The summed E-state index contributed by atoms with van der Waals surface area (Å²) in [4.78, 5) is 12.0. The molecule has 0 spiro atoms. The van der Waals surface area contributed by atoms with Crippen molar-refractivity contribution in [3.05, 3.63) is 46.1 Å². The van der Waals surface area contributed by atoms with Crippen LogP contribution < -0.4 is 5.32 Å². The molecule has 0 bridgehead atoms. The number of hydrogen-bond acceptors (Lipinski definition) is 2. The minimum absolute atomic E-state index is 0.0615. The maximum atomic E-state index is 12.0. The number of benzene rings is 1. The van der Waals surface area contributed by atoms with Gasteiger partial charge in [-0.3, -0.25) is 4.79 Å². The SMILES string of the molecule is CC1CC1C(=O)Nc1ccnn1Cc1ccc(Cl)cc1Cl. The first kappa shape index (κ1) is 14.4. The summed E-state index contributed by atoms with van der Waals surface area (Å²) in [5, 5.41) is 8.35. The van der Waals surface area contributed by atoms with Crippen molar-refractivity contribution in [2.24, 2.45) is 11.8 Å². The summed E-state index contributed by atoms with van der Waals surface area (Å²) < 4.78 is 1.72. The smallest absolute Gasteiger partial charge is 0.228 e. The van der Waals surface area contributed by atoms with Gasteiger partial charge < -0.3 is 5.32 Å². The van der Waals surface area contributed by atoms with E-state index in [1.165, 1.54) is 0 Å². The average Bonchev–Trinajstić information content (AvgIpc) is 3.01. The highest BCUT2D eigenvalue weighted by Gasteiger charge is 2.39. The van der Waals surface area contributed by atoms with Crippen LogP contribution in [0.1, 0.15) is 18.9 Å². The first-order chi connectivity index (χ1) is 10.0. The largest absolute Gasteiger partial charge is 0.311 e. The third kappa shape index (κ3) is 3.22. The molecule has 0 saturated heterocycles. The fraction of sp³-hybridized carbons (Fsp3) is 0.333. The molecule has 1 heterocycles. The Balaban J connectivity index is 1.74. The van der Waals surface area contributed by atoms with Gasteiger partial charge in [0, 0.05) is 22.0 Å². The third-order valence-electron chi connectivity index (χ3n) is 3.75. The number of anilines is 1. The van der Waals surface area contributed by atoms with E-state index in [9.17, 15) is 4.79 Å². The van der Waals surface area contributed by atoms with Crippen molar-refractivity contribution < 1.29 is 4.79 Å². The summed E-state index contributed by atoms with van der Waals surface area (Å²) >= 11 is 12.1. The van der Waals surface area contributed by atoms with E-state index in [4.69, 9.17) is 23.2 Å². The maximum Gasteiger partial charge on any atom is 0.228 e. The van der Waals surface area contributed by atoms with Gasteiger partial charge in [-0.15, -0.1) is 0 Å². The molecule has 4 nitrogen and oxygen atoms in total. The highest BCUT2D eigenvalue weighted by molar-refractivity contribution is 6.35. The van der Waals surface area contributed by atoms with Gasteiger partial charge in [-0.05, 0) is 30.0 Å². The van der Waals surface area contributed by atoms with Crippen LogP contribution >= 0.6 is 23.2 Å². The zero-order valence-corrected chi connectivity index (χ0v) is 13.0. The summed E-state index contributed by atoms with van der Waals surface area (Å²) in [5.41, 5.74) is 0.903. The molecule has 3 rings (SSSR count). The van der Waals surface area contributed by atoms with Crippen LogP contribution in [0.25, 0.3) is 0 Å². The lowest BCUT2D eigenvalue weighted by atomic mass is 10.2. The number of rotatable bonds is 4. The Labute approximate surface area is 133 Å². The molecule has 2 atom stereocenters. The number of halogens is 2. The second-order valence-corrected chi connectivity index (χ2v) is 6.26. The molecule has 1 aromatic heterocycles. The van der Waals surface area contributed by atoms with E-state index in [0.717, 1.165) is 12.0 Å². The molecule has 2 unspecified atom stereocenters. The molecule has 1 aliphatic rings. The van der Waals surface area contributed by atoms with E-state index >= 15 is 0 Å². The highest BCUT2D eigenvalue weighted by Crippen LogP contribution is 2.38. The first-order valence-electron chi connectivity index (χ1n) is 6.81. The van der Waals surface area contributed by atoms with Crippen molar-refractivity contribution in [2.75, 3.05) is 5.32 Å². The third-order valence-corrected chi connectivity index (χ3v) is 4.34. The van der Waals surface area contributed by atoms with Crippen molar-refractivity contribution in [3.8, 4) is 0 Å². The number of amides is 1. The second-order valence-electron chi connectivity index (χ2n) is 5.42. The van der Waals surface area contributed by atoms with Crippen molar-refractivity contribution in [1.82, 2.24) is 9.78 Å². The summed E-state index contributed by atoms with van der Waals surface area (Å²) in [5.74, 6) is 1.36. The van der Waals surface area contributed by atoms with Crippen molar-refractivity contribution in [2.45, 2.75) is 19.9 Å². The van der Waals surface area contributed by atoms with E-state index < -0.39 is 0 Å². The Kier molecular flexibility index (Phi) is 3.91. The van der Waals surface area contributed by atoms with Gasteiger partial charge in [-0.25, -0.2) is 4.68 Å². The van der Waals surface area contributed by atoms with Crippen molar-refractivity contribution in [3.63, 3.8) is 0 Å². The Bertz CT molecular complexity index is 683. The Morgan fingerprint density at radius 2 is 2.19 bits per heavy atom. The topological polar surface area (TPSA) is 46.9 Å². The minimum Gasteiger partial charge on any atom is -0.311 e. The van der Waals surface area contributed by atoms with E-state index in [-0.39, 0.29) is 11.8 Å². The summed E-state index contributed by atoms with van der Waals surface area (Å²) in [6.45, 7) is 2.56. The molecule has 1 fully saturated rings. The van der Waals surface area contributed by atoms with Crippen LogP contribution in [-0.2, 0) is 11.3 Å². The maximum absolute atomic E-state index is 12.0. The fourth-order valence-corrected chi connectivity index (χ4v) is 2.75. The molecule has 0 aliphatic heterocycles. The van der Waals surface area contributed by atoms with Crippen LogP contribution in [0.3, 0.4) is 0 Å². The predicted molar refractivity (Wildman–Crippen MR) is 83.7 cm³/mol. The van der Waals surface area contributed by atoms with Crippen LogP contribution in [0.2, 0.25) is 10.0 Å². The minimum atomic E-state index is 0.0615. The molecule has 1 amide bonds. The monoisotopic (exact) mass is 323 g/mol. The Morgan fingerprint density at radius 3 is 2.86 bits per heavy atom. The van der Waals surface area contributed by atoms with Crippen molar-refractivity contribution >= 4 is 34.9 Å². The Hall–Kier alpha value is -1.52. The molecule has 110 valence electrons. The molecule has 1 aliphatic carbocycles. The molecule has 1 saturated carbocycles. The van der Waals surface area contributed by atoms with Crippen LogP contribution in [0.15, 0.2) is 30.5 Å². The summed E-state index contributed by atoms with van der Waals surface area (Å²) in [6, 6.07) is 7.14. The van der Waals surface area contributed by atoms with Gasteiger partial charge in [-0.2, -0.15) is 5.10 Å². The number of aromatic nitrogens is 2. The van der Waals surface area contributed by atoms with Gasteiger partial charge in [0.2, 0.25) is 5.91 Å². The fourth-order valence-electron chi connectivity index (χ4n) is 2.28. The average molecular weight is 324 g/mol. The summed E-state index contributed by atoms with van der Waals surface area (Å²) in [6.07, 6.45) is 2.62. The van der Waals surface area contributed by atoms with E-state index in [0.29, 0.717) is 28.3 Å². The molecular formula is C15H15Cl2N3O. The molecule has 21 heavy (non-hydrogen) atoms. The number of hydrogen-bond donors (Lipinski definition) is 1. The molecule has 2 aromatic rings. The zero-order valence-electron chi connectivity index (χ0n) is 11.5. The van der Waals surface area contributed by atoms with Gasteiger partial charge >= 0.3 is 0 Å². The van der Waals surface area contributed by atoms with Crippen LogP contribution in [-0.4, -0.2) is 15.7 Å². The number of carbonyl (C=O) groups excluding carboxylic acids is 1. The standard InChI is InChI=1S/C15H15Cl2N3O/c1-9-6-12(9)15(21)19-14-4-5-18-20(14)8-10-2-3-11(16)7-13(10)17/h2-5,7,9,12H,6,8H2,1H3,(H,19,21). The normalized spacial score (nSPS) is 20.3. The van der Waals surface area contributed by atoms with Gasteiger partial charge in [-0.1, -0.05) is 36.2 Å². The Morgan fingerprint density at radius 1 is 1.43 bits per heavy atom. The first-order valence-corrected chi connectivity index (χ1v) is 7.57. The molecular weight excluding hydrogens is 309 g/mol. The van der Waals surface area contributed by atoms with Gasteiger partial charge in [0.1, 0.15) is 5.82 Å². The van der Waals surface area contributed by atoms with Gasteiger partial charge in [0.05, 0.1) is 12.7 Å². The van der Waals surface area contributed by atoms with Crippen LogP contribution in [0.5, 0.6) is 0 Å². The van der Waals surface area contributed by atoms with Crippen LogP contribution in [0, 0.1) is 11.8 Å². The molecule has 0 radical (unpaired) electrons. The van der Waals surface area contributed by atoms with E-state index in [2.05, 4.69) is 17.3 Å².